The Labute approximate surface area is 166 Å². The van der Waals surface area contributed by atoms with Gasteiger partial charge in [-0.15, -0.1) is 0 Å². The number of hydrogen-bond acceptors (Lipinski definition) is 3. The molecule has 0 spiro atoms. The van der Waals surface area contributed by atoms with Crippen LogP contribution in [-0.2, 0) is 11.3 Å². The monoisotopic (exact) mass is 385 g/mol. The predicted octanol–water partition coefficient (Wildman–Crippen LogP) is 4.49. The molecule has 1 fully saturated rings. The number of benzene rings is 2. The number of ether oxygens (including phenoxy) is 1. The quantitative estimate of drug-likeness (QED) is 0.825. The molecule has 1 aliphatic heterocycles. The van der Waals surface area contributed by atoms with E-state index in [1.165, 1.54) is 12.1 Å². The van der Waals surface area contributed by atoms with Crippen LogP contribution < -0.4 is 10.2 Å². The maximum atomic E-state index is 13.4. The minimum atomic E-state index is -0.295. The lowest BCUT2D eigenvalue weighted by Gasteiger charge is -2.36. The Morgan fingerprint density at radius 3 is 2.46 bits per heavy atom. The number of hydrogen-bond donors (Lipinski definition) is 1. The molecule has 1 saturated heterocycles. The molecule has 2 aromatic rings. The first kappa shape index (κ1) is 20.1. The fourth-order valence-corrected chi connectivity index (χ4v) is 3.53. The van der Waals surface area contributed by atoms with E-state index in [9.17, 15) is 9.18 Å². The molecular formula is C22H28FN3O2. The summed E-state index contributed by atoms with van der Waals surface area (Å²) in [6.45, 7) is 8.67. The van der Waals surface area contributed by atoms with Crippen molar-refractivity contribution in [3.63, 3.8) is 0 Å². The number of morpholine rings is 1. The van der Waals surface area contributed by atoms with E-state index < -0.39 is 0 Å². The van der Waals surface area contributed by atoms with E-state index in [1.807, 2.05) is 37.3 Å². The Morgan fingerprint density at radius 1 is 1.18 bits per heavy atom. The van der Waals surface area contributed by atoms with Crippen LogP contribution in [0.1, 0.15) is 26.3 Å². The fourth-order valence-electron chi connectivity index (χ4n) is 3.53. The van der Waals surface area contributed by atoms with Crippen LogP contribution in [-0.4, -0.2) is 42.8 Å². The van der Waals surface area contributed by atoms with Gasteiger partial charge in [0.05, 0.1) is 12.2 Å². The summed E-state index contributed by atoms with van der Waals surface area (Å²) in [6, 6.07) is 14.0. The second kappa shape index (κ2) is 9.06. The summed E-state index contributed by atoms with van der Waals surface area (Å²) in [5.41, 5.74) is 2.62. The zero-order valence-corrected chi connectivity index (χ0v) is 16.7. The number of halogens is 1. The van der Waals surface area contributed by atoms with Crippen molar-refractivity contribution in [1.82, 2.24) is 4.90 Å². The lowest BCUT2D eigenvalue weighted by Crippen LogP contribution is -2.45. The molecule has 1 heterocycles. The van der Waals surface area contributed by atoms with Crippen LogP contribution in [0.4, 0.5) is 20.6 Å². The van der Waals surface area contributed by atoms with Crippen LogP contribution in [0.3, 0.4) is 0 Å². The second-order valence-electron chi connectivity index (χ2n) is 7.28. The van der Waals surface area contributed by atoms with Gasteiger partial charge in [-0.25, -0.2) is 9.18 Å². The lowest BCUT2D eigenvalue weighted by atomic mass is 10.2. The van der Waals surface area contributed by atoms with Crippen molar-refractivity contribution in [3.8, 4) is 0 Å². The summed E-state index contributed by atoms with van der Waals surface area (Å²) in [7, 11) is 0. The average molecular weight is 385 g/mol. The first-order chi connectivity index (χ1) is 13.4. The van der Waals surface area contributed by atoms with Gasteiger partial charge >= 0.3 is 6.03 Å². The van der Waals surface area contributed by atoms with Crippen LogP contribution in [0.15, 0.2) is 48.5 Å². The van der Waals surface area contributed by atoms with Gasteiger partial charge in [-0.3, -0.25) is 0 Å². The third-order valence-corrected chi connectivity index (χ3v) is 4.83. The molecule has 0 aliphatic carbocycles. The van der Waals surface area contributed by atoms with E-state index in [1.54, 1.807) is 11.0 Å². The van der Waals surface area contributed by atoms with E-state index in [2.05, 4.69) is 24.1 Å². The number of anilines is 2. The maximum absolute atomic E-state index is 13.4. The highest BCUT2D eigenvalue weighted by atomic mass is 19.1. The van der Waals surface area contributed by atoms with Gasteiger partial charge in [-0.2, -0.15) is 0 Å². The van der Waals surface area contributed by atoms with Crippen LogP contribution in [0.25, 0.3) is 0 Å². The maximum Gasteiger partial charge on any atom is 0.322 e. The molecule has 0 bridgehead atoms. The molecule has 150 valence electrons. The summed E-state index contributed by atoms with van der Waals surface area (Å²) in [5, 5.41) is 2.93. The van der Waals surface area contributed by atoms with E-state index in [4.69, 9.17) is 4.74 Å². The van der Waals surface area contributed by atoms with Gasteiger partial charge in [0.1, 0.15) is 5.82 Å². The number of nitrogens with one attached hydrogen (secondary N) is 1. The Hall–Kier alpha value is -2.60. The number of nitrogens with zero attached hydrogens (tertiary/aromatic N) is 2. The summed E-state index contributed by atoms with van der Waals surface area (Å²) in [5.74, 6) is -0.295. The van der Waals surface area contributed by atoms with Gasteiger partial charge in [0.2, 0.25) is 0 Å². The second-order valence-corrected chi connectivity index (χ2v) is 7.28. The lowest BCUT2D eigenvalue weighted by molar-refractivity contribution is -0.00521. The molecule has 0 radical (unpaired) electrons. The molecule has 0 aromatic heterocycles. The number of carbonyl (C=O) groups excluding carboxylic acids is 1. The van der Waals surface area contributed by atoms with Gasteiger partial charge in [0.25, 0.3) is 0 Å². The molecule has 2 amide bonds. The van der Waals surface area contributed by atoms with Crippen molar-refractivity contribution in [2.45, 2.75) is 39.5 Å². The molecule has 2 atom stereocenters. The van der Waals surface area contributed by atoms with Crippen molar-refractivity contribution in [1.29, 1.82) is 0 Å². The van der Waals surface area contributed by atoms with Gasteiger partial charge in [0, 0.05) is 37.6 Å². The highest BCUT2D eigenvalue weighted by molar-refractivity contribution is 5.89. The molecule has 28 heavy (non-hydrogen) atoms. The number of carbonyl (C=O) groups is 1. The van der Waals surface area contributed by atoms with Crippen LogP contribution in [0.5, 0.6) is 0 Å². The molecule has 0 saturated carbocycles. The number of rotatable bonds is 5. The Morgan fingerprint density at radius 2 is 1.86 bits per heavy atom. The first-order valence-electron chi connectivity index (χ1n) is 9.75. The highest BCUT2D eigenvalue weighted by Crippen LogP contribution is 2.22. The minimum Gasteiger partial charge on any atom is -0.372 e. The third kappa shape index (κ3) is 5.23. The largest absolute Gasteiger partial charge is 0.372 e. The van der Waals surface area contributed by atoms with Crippen LogP contribution in [0.2, 0.25) is 0 Å². The van der Waals surface area contributed by atoms with E-state index >= 15 is 0 Å². The smallest absolute Gasteiger partial charge is 0.322 e. The van der Waals surface area contributed by atoms with Gasteiger partial charge in [0.15, 0.2) is 0 Å². The van der Waals surface area contributed by atoms with Gasteiger partial charge < -0.3 is 19.9 Å². The minimum absolute atomic E-state index is 0.198. The Kier molecular flexibility index (Phi) is 6.52. The predicted molar refractivity (Wildman–Crippen MR) is 110 cm³/mol. The van der Waals surface area contributed by atoms with Gasteiger partial charge in [-0.05, 0) is 62.7 Å². The summed E-state index contributed by atoms with van der Waals surface area (Å²) in [4.78, 5) is 16.5. The zero-order chi connectivity index (χ0) is 20.1. The molecule has 3 rings (SSSR count). The molecule has 2 unspecified atom stereocenters. The van der Waals surface area contributed by atoms with Crippen molar-refractivity contribution < 1.29 is 13.9 Å². The number of amides is 2. The van der Waals surface area contributed by atoms with Crippen LogP contribution >= 0.6 is 0 Å². The normalized spacial score (nSPS) is 19.4. The van der Waals surface area contributed by atoms with E-state index in [0.717, 1.165) is 30.0 Å². The van der Waals surface area contributed by atoms with Crippen molar-refractivity contribution in [2.24, 2.45) is 0 Å². The van der Waals surface area contributed by atoms with Crippen molar-refractivity contribution in [2.75, 3.05) is 29.9 Å². The number of urea groups is 1. The van der Waals surface area contributed by atoms with E-state index in [-0.39, 0.29) is 24.1 Å². The standard InChI is InChI=1S/C22H28FN3O2/c1-4-25(15-18-6-5-7-19(23)12-18)22(27)24-20-8-10-21(11-9-20)26-13-16(2)28-17(3)14-26/h5-12,16-17H,4,13-15H2,1-3H3,(H,24,27). The topological polar surface area (TPSA) is 44.8 Å². The zero-order valence-electron chi connectivity index (χ0n) is 16.7. The Balaban J connectivity index is 1.61. The fraction of sp³-hybridized carbons (Fsp3) is 0.409. The van der Waals surface area contributed by atoms with E-state index in [0.29, 0.717) is 13.1 Å². The molecular weight excluding hydrogens is 357 g/mol. The van der Waals surface area contributed by atoms with Crippen LogP contribution in [0, 0.1) is 5.82 Å². The summed E-state index contributed by atoms with van der Waals surface area (Å²) in [6.07, 6.45) is 0.396. The molecule has 1 aliphatic rings. The molecule has 2 aromatic carbocycles. The van der Waals surface area contributed by atoms with Gasteiger partial charge in [-0.1, -0.05) is 12.1 Å². The summed E-state index contributed by atoms with van der Waals surface area (Å²) >= 11 is 0. The van der Waals surface area contributed by atoms with Crippen molar-refractivity contribution in [3.05, 3.63) is 59.9 Å². The highest BCUT2D eigenvalue weighted by Gasteiger charge is 2.22. The molecule has 1 N–H and O–H groups in total. The molecule has 6 heteroatoms. The first-order valence-corrected chi connectivity index (χ1v) is 9.75. The Bertz CT molecular complexity index is 787. The molecule has 5 nitrogen and oxygen atoms in total. The third-order valence-electron chi connectivity index (χ3n) is 4.83. The summed E-state index contributed by atoms with van der Waals surface area (Å²) < 4.78 is 19.2. The average Bonchev–Trinajstić information content (AvgIpc) is 2.66. The SMILES string of the molecule is CCN(Cc1cccc(F)c1)C(=O)Nc1ccc(N2CC(C)OC(C)C2)cc1. The van der Waals surface area contributed by atoms with Crippen molar-refractivity contribution >= 4 is 17.4 Å².